The number of aryl methyl sites for hydroxylation is 1. The molecule has 23 heavy (non-hydrogen) atoms. The third-order valence-corrected chi connectivity index (χ3v) is 3.31. The Bertz CT molecular complexity index is 690. The lowest BCUT2D eigenvalue weighted by atomic mass is 10.1. The Morgan fingerprint density at radius 3 is 2.57 bits per heavy atom. The third kappa shape index (κ3) is 4.61. The molecule has 0 unspecified atom stereocenters. The van der Waals surface area contributed by atoms with Gasteiger partial charge in [-0.15, -0.1) is 0 Å². The number of hydrogen-bond acceptors (Lipinski definition) is 4. The van der Waals surface area contributed by atoms with E-state index < -0.39 is 0 Å². The van der Waals surface area contributed by atoms with Gasteiger partial charge < -0.3 is 14.8 Å². The Morgan fingerprint density at radius 2 is 1.91 bits per heavy atom. The van der Waals surface area contributed by atoms with Crippen LogP contribution in [0.3, 0.4) is 0 Å². The van der Waals surface area contributed by atoms with Gasteiger partial charge in [-0.25, -0.2) is 4.79 Å². The first kappa shape index (κ1) is 16.6. The van der Waals surface area contributed by atoms with E-state index in [1.807, 2.05) is 49.4 Å². The minimum absolute atomic E-state index is 0.324. The van der Waals surface area contributed by atoms with Crippen molar-refractivity contribution in [2.24, 2.45) is 0 Å². The van der Waals surface area contributed by atoms with Crippen LogP contribution in [0.5, 0.6) is 5.75 Å². The molecular formula is C19H21NO3. The molecular weight excluding hydrogens is 290 g/mol. The van der Waals surface area contributed by atoms with Crippen LogP contribution in [0.4, 0.5) is 5.69 Å². The molecule has 0 amide bonds. The topological polar surface area (TPSA) is 47.6 Å². The first-order chi connectivity index (χ1) is 11.1. The summed E-state index contributed by atoms with van der Waals surface area (Å²) in [5, 5.41) is 3.14. The molecule has 0 aliphatic heterocycles. The quantitative estimate of drug-likeness (QED) is 0.646. The molecule has 0 saturated heterocycles. The molecule has 120 valence electrons. The van der Waals surface area contributed by atoms with E-state index in [0.717, 1.165) is 11.3 Å². The van der Waals surface area contributed by atoms with Crippen LogP contribution in [0, 0.1) is 6.92 Å². The van der Waals surface area contributed by atoms with Crippen LogP contribution in [0.2, 0.25) is 0 Å². The van der Waals surface area contributed by atoms with Gasteiger partial charge in [-0.2, -0.15) is 0 Å². The van der Waals surface area contributed by atoms with Gasteiger partial charge in [0, 0.05) is 11.9 Å². The second-order valence-corrected chi connectivity index (χ2v) is 5.02. The van der Waals surface area contributed by atoms with Crippen molar-refractivity contribution in [3.63, 3.8) is 0 Å². The average Bonchev–Trinajstić information content (AvgIpc) is 2.57. The molecule has 0 fully saturated rings. The highest BCUT2D eigenvalue weighted by Gasteiger charge is 2.14. The third-order valence-electron chi connectivity index (χ3n) is 3.31. The monoisotopic (exact) mass is 311 g/mol. The maximum atomic E-state index is 12.2. The lowest BCUT2D eigenvalue weighted by Gasteiger charge is -2.10. The minimum atomic E-state index is -0.375. The van der Waals surface area contributed by atoms with E-state index in [4.69, 9.17) is 9.47 Å². The highest BCUT2D eigenvalue weighted by Crippen LogP contribution is 2.22. The van der Waals surface area contributed by atoms with Crippen LogP contribution in [-0.4, -0.2) is 19.7 Å². The fourth-order valence-electron chi connectivity index (χ4n) is 2.06. The molecule has 4 heteroatoms. The van der Waals surface area contributed by atoms with Gasteiger partial charge >= 0.3 is 5.97 Å². The van der Waals surface area contributed by atoms with Crippen LogP contribution in [0.25, 0.3) is 5.57 Å². The van der Waals surface area contributed by atoms with E-state index in [0.29, 0.717) is 17.9 Å². The van der Waals surface area contributed by atoms with Crippen molar-refractivity contribution < 1.29 is 14.3 Å². The molecule has 0 heterocycles. The summed E-state index contributed by atoms with van der Waals surface area (Å²) in [6, 6.07) is 15.3. The van der Waals surface area contributed by atoms with Crippen molar-refractivity contribution >= 4 is 17.2 Å². The summed E-state index contributed by atoms with van der Waals surface area (Å²) in [6.07, 6.45) is 1.66. The van der Waals surface area contributed by atoms with Gasteiger partial charge in [-0.05, 0) is 43.7 Å². The molecule has 0 spiro atoms. The number of benzene rings is 2. The van der Waals surface area contributed by atoms with Gasteiger partial charge in [-0.1, -0.05) is 29.8 Å². The summed E-state index contributed by atoms with van der Waals surface area (Å²) in [4.78, 5) is 12.2. The summed E-state index contributed by atoms with van der Waals surface area (Å²) in [5.74, 6) is 0.313. The summed E-state index contributed by atoms with van der Waals surface area (Å²) in [7, 11) is 1.59. The Morgan fingerprint density at radius 1 is 1.17 bits per heavy atom. The van der Waals surface area contributed by atoms with Crippen molar-refractivity contribution in [1.82, 2.24) is 0 Å². The molecule has 0 aliphatic rings. The van der Waals surface area contributed by atoms with E-state index in [9.17, 15) is 4.79 Å². The first-order valence-corrected chi connectivity index (χ1v) is 7.49. The molecule has 2 aromatic carbocycles. The van der Waals surface area contributed by atoms with Crippen molar-refractivity contribution in [3.05, 3.63) is 65.9 Å². The molecule has 2 rings (SSSR count). The summed E-state index contributed by atoms with van der Waals surface area (Å²) < 4.78 is 10.4. The van der Waals surface area contributed by atoms with Crippen LogP contribution < -0.4 is 10.1 Å². The molecule has 0 aliphatic carbocycles. The Hall–Kier alpha value is -2.75. The summed E-state index contributed by atoms with van der Waals surface area (Å²) in [5.41, 5.74) is 3.27. The van der Waals surface area contributed by atoms with Crippen LogP contribution in [-0.2, 0) is 9.53 Å². The highest BCUT2D eigenvalue weighted by molar-refractivity contribution is 6.16. The van der Waals surface area contributed by atoms with E-state index in [1.54, 1.807) is 26.3 Å². The number of esters is 1. The largest absolute Gasteiger partial charge is 0.497 e. The van der Waals surface area contributed by atoms with E-state index in [-0.39, 0.29) is 5.97 Å². The molecule has 0 aromatic heterocycles. The molecule has 0 saturated carbocycles. The Labute approximate surface area is 136 Å². The van der Waals surface area contributed by atoms with Crippen molar-refractivity contribution in [2.75, 3.05) is 19.0 Å². The number of ether oxygens (including phenoxy) is 2. The fourth-order valence-corrected chi connectivity index (χ4v) is 2.06. The molecule has 0 atom stereocenters. The van der Waals surface area contributed by atoms with Crippen molar-refractivity contribution in [1.29, 1.82) is 0 Å². The maximum absolute atomic E-state index is 12.2. The van der Waals surface area contributed by atoms with Crippen molar-refractivity contribution in [3.8, 4) is 5.75 Å². The van der Waals surface area contributed by atoms with Crippen LogP contribution in [0.1, 0.15) is 18.1 Å². The SMILES string of the molecule is CCOC(=O)/C(=C\Nc1ccc(C)cc1)c1cccc(OC)c1. The van der Waals surface area contributed by atoms with Crippen LogP contribution >= 0.6 is 0 Å². The van der Waals surface area contributed by atoms with Gasteiger partial charge in [0.2, 0.25) is 0 Å². The number of rotatable bonds is 6. The number of carbonyl (C=O) groups excluding carboxylic acids is 1. The maximum Gasteiger partial charge on any atom is 0.340 e. The number of nitrogens with one attached hydrogen (secondary N) is 1. The van der Waals surface area contributed by atoms with Gasteiger partial charge in [0.15, 0.2) is 0 Å². The van der Waals surface area contributed by atoms with E-state index in [2.05, 4.69) is 5.32 Å². The van der Waals surface area contributed by atoms with Gasteiger partial charge in [0.25, 0.3) is 0 Å². The van der Waals surface area contributed by atoms with Gasteiger partial charge in [0.05, 0.1) is 19.3 Å². The van der Waals surface area contributed by atoms with Gasteiger partial charge in [0.1, 0.15) is 5.75 Å². The zero-order valence-corrected chi connectivity index (χ0v) is 13.6. The zero-order valence-electron chi connectivity index (χ0n) is 13.6. The molecule has 4 nitrogen and oxygen atoms in total. The summed E-state index contributed by atoms with van der Waals surface area (Å²) in [6.45, 7) is 4.14. The highest BCUT2D eigenvalue weighted by atomic mass is 16.5. The lowest BCUT2D eigenvalue weighted by molar-refractivity contribution is -0.136. The fraction of sp³-hybridized carbons (Fsp3) is 0.211. The Balaban J connectivity index is 2.30. The molecule has 0 radical (unpaired) electrons. The number of hydrogen-bond donors (Lipinski definition) is 1. The smallest absolute Gasteiger partial charge is 0.340 e. The number of methoxy groups -OCH3 is 1. The zero-order chi connectivity index (χ0) is 16.7. The van der Waals surface area contributed by atoms with E-state index in [1.165, 1.54) is 5.56 Å². The standard InChI is InChI=1S/C19H21NO3/c1-4-23-19(21)18(15-6-5-7-17(12-15)22-3)13-20-16-10-8-14(2)9-11-16/h5-13,20H,4H2,1-3H3/b18-13-. The molecule has 1 N–H and O–H groups in total. The normalized spacial score (nSPS) is 11.0. The first-order valence-electron chi connectivity index (χ1n) is 7.49. The predicted octanol–water partition coefficient (Wildman–Crippen LogP) is 4.02. The van der Waals surface area contributed by atoms with E-state index >= 15 is 0 Å². The summed E-state index contributed by atoms with van der Waals surface area (Å²) >= 11 is 0. The average molecular weight is 311 g/mol. The number of carbonyl (C=O) groups is 1. The predicted molar refractivity (Wildman–Crippen MR) is 92.4 cm³/mol. The second-order valence-electron chi connectivity index (χ2n) is 5.02. The Kier molecular flexibility index (Phi) is 5.80. The number of anilines is 1. The van der Waals surface area contributed by atoms with Crippen molar-refractivity contribution in [2.45, 2.75) is 13.8 Å². The molecule has 2 aromatic rings. The van der Waals surface area contributed by atoms with Crippen LogP contribution in [0.15, 0.2) is 54.7 Å². The second kappa shape index (κ2) is 8.03. The molecule has 0 bridgehead atoms. The van der Waals surface area contributed by atoms with Gasteiger partial charge in [-0.3, -0.25) is 0 Å². The lowest BCUT2D eigenvalue weighted by Crippen LogP contribution is -2.08. The minimum Gasteiger partial charge on any atom is -0.497 e.